The van der Waals surface area contributed by atoms with Crippen molar-refractivity contribution in [1.29, 1.82) is 0 Å². The van der Waals surface area contributed by atoms with E-state index in [1.165, 1.54) is 0 Å². The van der Waals surface area contributed by atoms with Crippen LogP contribution in [-0.2, 0) is 7.05 Å². The van der Waals surface area contributed by atoms with Crippen LogP contribution in [0.4, 0.5) is 5.69 Å². The number of anilines is 1. The first kappa shape index (κ1) is 10.9. The molecule has 0 saturated heterocycles. The van der Waals surface area contributed by atoms with E-state index in [2.05, 4.69) is 19.2 Å². The van der Waals surface area contributed by atoms with E-state index in [9.17, 15) is 4.79 Å². The molecule has 5 heteroatoms. The summed E-state index contributed by atoms with van der Waals surface area (Å²) in [5.74, 6) is 0.0850. The van der Waals surface area contributed by atoms with Crippen molar-refractivity contribution in [2.45, 2.75) is 20.0 Å². The van der Waals surface area contributed by atoms with E-state index >= 15 is 0 Å². The van der Waals surface area contributed by atoms with Crippen LogP contribution < -0.4 is 10.1 Å². The van der Waals surface area contributed by atoms with Gasteiger partial charge in [-0.1, -0.05) is 13.8 Å². The zero-order valence-electron chi connectivity index (χ0n) is 9.65. The van der Waals surface area contributed by atoms with E-state index in [4.69, 9.17) is 9.84 Å². The van der Waals surface area contributed by atoms with Crippen molar-refractivity contribution in [2.24, 2.45) is 13.0 Å². The molecule has 5 nitrogen and oxygen atoms in total. The molecule has 16 heavy (non-hydrogen) atoms. The highest BCUT2D eigenvalue weighted by Gasteiger charge is 2.28. The Kier molecular flexibility index (Phi) is 2.53. The largest absolute Gasteiger partial charge is 0.485 e. The molecule has 2 N–H and O–H groups in total. The Morgan fingerprint density at radius 2 is 2.38 bits per heavy atom. The highest BCUT2D eigenvalue weighted by molar-refractivity contribution is 5.95. The van der Waals surface area contributed by atoms with Gasteiger partial charge in [0.05, 0.1) is 6.54 Å². The number of carboxylic acid groups (broad SMARTS) is 1. The van der Waals surface area contributed by atoms with Gasteiger partial charge in [0.15, 0.2) is 11.4 Å². The monoisotopic (exact) mass is 224 g/mol. The minimum Gasteiger partial charge on any atom is -0.485 e. The lowest BCUT2D eigenvalue weighted by Gasteiger charge is -2.28. The number of nitrogens with one attached hydrogen (secondary N) is 1. The second kappa shape index (κ2) is 3.73. The molecule has 0 fully saturated rings. The number of hydrogen-bond acceptors (Lipinski definition) is 3. The van der Waals surface area contributed by atoms with Gasteiger partial charge in [-0.2, -0.15) is 0 Å². The number of nitrogens with zero attached hydrogens (tertiary/aromatic N) is 1. The average Bonchev–Trinajstić information content (AvgIpc) is 2.51. The van der Waals surface area contributed by atoms with E-state index in [1.807, 2.05) is 0 Å². The summed E-state index contributed by atoms with van der Waals surface area (Å²) >= 11 is 0. The third kappa shape index (κ3) is 1.62. The topological polar surface area (TPSA) is 63.5 Å². The maximum absolute atomic E-state index is 11.1. The number of ether oxygens (including phenoxy) is 1. The second-order valence-corrected chi connectivity index (χ2v) is 4.41. The minimum atomic E-state index is -0.942. The number of carboxylic acids is 1. The van der Waals surface area contributed by atoms with Crippen LogP contribution in [0.1, 0.15) is 24.3 Å². The smallest absolute Gasteiger partial charge is 0.354 e. The van der Waals surface area contributed by atoms with Crippen LogP contribution in [-0.4, -0.2) is 28.3 Å². The number of fused-ring (bicyclic) bond motifs is 1. The summed E-state index contributed by atoms with van der Waals surface area (Å²) in [6.45, 7) is 4.81. The molecule has 0 aromatic carbocycles. The molecule has 1 unspecified atom stereocenters. The number of aromatic carboxylic acids is 1. The molecule has 88 valence electrons. The lowest BCUT2D eigenvalue weighted by atomic mass is 10.1. The van der Waals surface area contributed by atoms with Gasteiger partial charge in [-0.25, -0.2) is 4.79 Å². The standard InChI is InChI=1S/C11H16N2O3/c1-6(2)7-4-12-9-8(16-7)5-13(3)10(9)11(14)15/h5-7,12H,4H2,1-3H3,(H,14,15). The lowest BCUT2D eigenvalue weighted by Crippen LogP contribution is -2.34. The van der Waals surface area contributed by atoms with Gasteiger partial charge in [-0.05, 0) is 5.92 Å². The first-order chi connectivity index (χ1) is 7.50. The summed E-state index contributed by atoms with van der Waals surface area (Å²) in [5.41, 5.74) is 0.837. The molecule has 0 radical (unpaired) electrons. The summed E-state index contributed by atoms with van der Waals surface area (Å²) in [4.78, 5) is 11.1. The number of carbonyl (C=O) groups is 1. The molecule has 1 aromatic rings. The van der Waals surface area contributed by atoms with Gasteiger partial charge in [0.25, 0.3) is 0 Å². The Bertz CT molecular complexity index is 423. The Morgan fingerprint density at radius 1 is 1.69 bits per heavy atom. The van der Waals surface area contributed by atoms with Crippen LogP contribution in [0, 0.1) is 5.92 Å². The first-order valence-corrected chi connectivity index (χ1v) is 5.34. The van der Waals surface area contributed by atoms with Crippen molar-refractivity contribution >= 4 is 11.7 Å². The van der Waals surface area contributed by atoms with E-state index < -0.39 is 5.97 Å². The Morgan fingerprint density at radius 3 is 2.94 bits per heavy atom. The summed E-state index contributed by atoms with van der Waals surface area (Å²) in [7, 11) is 1.71. The van der Waals surface area contributed by atoms with Crippen molar-refractivity contribution < 1.29 is 14.6 Å². The zero-order chi connectivity index (χ0) is 11.9. The molecule has 0 aliphatic carbocycles. The predicted molar refractivity (Wildman–Crippen MR) is 60.1 cm³/mol. The van der Waals surface area contributed by atoms with E-state index in [0.717, 1.165) is 0 Å². The van der Waals surface area contributed by atoms with Gasteiger partial charge >= 0.3 is 5.97 Å². The predicted octanol–water partition coefficient (Wildman–Crippen LogP) is 1.55. The normalized spacial score (nSPS) is 18.9. The summed E-state index contributed by atoms with van der Waals surface area (Å²) in [6.07, 6.45) is 1.80. The lowest BCUT2D eigenvalue weighted by molar-refractivity contribution is 0.0687. The summed E-state index contributed by atoms with van der Waals surface area (Å²) in [6, 6.07) is 0. The van der Waals surface area contributed by atoms with Crippen molar-refractivity contribution in [2.75, 3.05) is 11.9 Å². The van der Waals surface area contributed by atoms with E-state index in [-0.39, 0.29) is 11.8 Å². The third-order valence-electron chi connectivity index (χ3n) is 2.85. The Labute approximate surface area is 94.0 Å². The van der Waals surface area contributed by atoms with Crippen molar-refractivity contribution in [3.05, 3.63) is 11.9 Å². The molecule has 1 aliphatic heterocycles. The van der Waals surface area contributed by atoms with Crippen LogP contribution >= 0.6 is 0 Å². The maximum atomic E-state index is 11.1. The molecule has 0 saturated carbocycles. The second-order valence-electron chi connectivity index (χ2n) is 4.41. The molecular formula is C11H16N2O3. The van der Waals surface area contributed by atoms with Crippen LogP contribution in [0.15, 0.2) is 6.20 Å². The van der Waals surface area contributed by atoms with Crippen LogP contribution in [0.5, 0.6) is 5.75 Å². The number of rotatable bonds is 2. The molecule has 2 rings (SSSR count). The van der Waals surface area contributed by atoms with Crippen molar-refractivity contribution in [3.8, 4) is 5.75 Å². The van der Waals surface area contributed by atoms with Gasteiger partial charge < -0.3 is 19.7 Å². The fraction of sp³-hybridized carbons (Fsp3) is 0.545. The molecule has 2 heterocycles. The SMILES string of the molecule is CC(C)C1CNc2c(cn(C)c2C(=O)O)O1. The maximum Gasteiger partial charge on any atom is 0.354 e. The summed E-state index contributed by atoms with van der Waals surface area (Å²) in [5, 5.41) is 12.2. The van der Waals surface area contributed by atoms with Gasteiger partial charge in [0.1, 0.15) is 11.8 Å². The third-order valence-corrected chi connectivity index (χ3v) is 2.85. The Balaban J connectivity index is 2.35. The van der Waals surface area contributed by atoms with Gasteiger partial charge in [0, 0.05) is 13.2 Å². The van der Waals surface area contributed by atoms with Crippen molar-refractivity contribution in [3.63, 3.8) is 0 Å². The summed E-state index contributed by atoms with van der Waals surface area (Å²) < 4.78 is 7.33. The minimum absolute atomic E-state index is 0.0940. The van der Waals surface area contributed by atoms with Crippen LogP contribution in [0.2, 0.25) is 0 Å². The number of aryl methyl sites for hydroxylation is 1. The molecule has 1 atom stereocenters. The van der Waals surface area contributed by atoms with E-state index in [0.29, 0.717) is 23.9 Å². The zero-order valence-corrected chi connectivity index (χ0v) is 9.65. The van der Waals surface area contributed by atoms with Crippen LogP contribution in [0.3, 0.4) is 0 Å². The van der Waals surface area contributed by atoms with Gasteiger partial charge in [0.2, 0.25) is 0 Å². The molecule has 0 spiro atoms. The average molecular weight is 224 g/mol. The molecular weight excluding hydrogens is 208 g/mol. The highest BCUT2D eigenvalue weighted by Crippen LogP contribution is 2.35. The molecule has 1 aromatic heterocycles. The first-order valence-electron chi connectivity index (χ1n) is 5.34. The fourth-order valence-corrected chi connectivity index (χ4v) is 1.90. The van der Waals surface area contributed by atoms with E-state index in [1.54, 1.807) is 17.8 Å². The molecule has 0 amide bonds. The van der Waals surface area contributed by atoms with Gasteiger partial charge in [-0.3, -0.25) is 0 Å². The quantitative estimate of drug-likeness (QED) is 0.800. The number of aromatic nitrogens is 1. The van der Waals surface area contributed by atoms with Crippen molar-refractivity contribution in [1.82, 2.24) is 4.57 Å². The molecule has 0 bridgehead atoms. The highest BCUT2D eigenvalue weighted by atomic mass is 16.5. The van der Waals surface area contributed by atoms with Crippen LogP contribution in [0.25, 0.3) is 0 Å². The Hall–Kier alpha value is -1.65. The fourth-order valence-electron chi connectivity index (χ4n) is 1.90. The number of hydrogen-bond donors (Lipinski definition) is 2. The molecule has 1 aliphatic rings. The van der Waals surface area contributed by atoms with Gasteiger partial charge in [-0.15, -0.1) is 0 Å².